The molecule has 0 aliphatic carbocycles. The number of hydrogen-bond acceptors (Lipinski definition) is 4. The van der Waals surface area contributed by atoms with Gasteiger partial charge in [0.1, 0.15) is 11.4 Å². The van der Waals surface area contributed by atoms with Crippen LogP contribution in [0.25, 0.3) is 0 Å². The minimum absolute atomic E-state index is 0.0593. The lowest BCUT2D eigenvalue weighted by atomic mass is 9.83. The molecular formula is C15H23FN2O3. The molecule has 118 valence electrons. The first-order valence-corrected chi connectivity index (χ1v) is 6.71. The second-order valence-electron chi connectivity index (χ2n) is 6.21. The maximum atomic E-state index is 14.0. The lowest BCUT2D eigenvalue weighted by Crippen LogP contribution is -2.44. The number of hydrogen-bond donors (Lipinski definition) is 2. The molecule has 1 amide bonds. The van der Waals surface area contributed by atoms with Crippen LogP contribution in [0, 0.1) is 5.82 Å². The van der Waals surface area contributed by atoms with E-state index < -0.39 is 17.1 Å². The van der Waals surface area contributed by atoms with Crippen molar-refractivity contribution in [2.24, 2.45) is 5.90 Å². The SMILES string of the molecule is CC(C)(C)OC(=O)NCC(C)(CON)c1ccccc1F. The van der Waals surface area contributed by atoms with Crippen molar-refractivity contribution in [1.82, 2.24) is 5.32 Å². The quantitative estimate of drug-likeness (QED) is 0.819. The molecule has 0 aliphatic rings. The molecule has 21 heavy (non-hydrogen) atoms. The average Bonchev–Trinajstić information content (AvgIpc) is 2.35. The summed E-state index contributed by atoms with van der Waals surface area (Å²) in [6.45, 7) is 7.27. The highest BCUT2D eigenvalue weighted by atomic mass is 19.1. The maximum Gasteiger partial charge on any atom is 0.407 e. The van der Waals surface area contributed by atoms with E-state index in [1.807, 2.05) is 0 Å². The van der Waals surface area contributed by atoms with Crippen molar-refractivity contribution in [3.8, 4) is 0 Å². The Kier molecular flexibility index (Phi) is 5.69. The Labute approximate surface area is 124 Å². The van der Waals surface area contributed by atoms with Gasteiger partial charge in [-0.05, 0) is 32.4 Å². The topological polar surface area (TPSA) is 73.6 Å². The van der Waals surface area contributed by atoms with E-state index in [9.17, 15) is 9.18 Å². The van der Waals surface area contributed by atoms with Gasteiger partial charge in [-0.3, -0.25) is 0 Å². The number of nitrogens with two attached hydrogens (primary N) is 1. The lowest BCUT2D eigenvalue weighted by molar-refractivity contribution is 0.0474. The van der Waals surface area contributed by atoms with E-state index >= 15 is 0 Å². The molecule has 5 nitrogen and oxygen atoms in total. The van der Waals surface area contributed by atoms with Crippen LogP contribution in [-0.4, -0.2) is 24.8 Å². The van der Waals surface area contributed by atoms with Gasteiger partial charge in [0.2, 0.25) is 0 Å². The molecule has 3 N–H and O–H groups in total. The fraction of sp³-hybridized carbons (Fsp3) is 0.533. The number of carbonyl (C=O) groups excluding carboxylic acids is 1. The van der Waals surface area contributed by atoms with Gasteiger partial charge >= 0.3 is 6.09 Å². The van der Waals surface area contributed by atoms with Crippen LogP contribution in [0.2, 0.25) is 0 Å². The molecular weight excluding hydrogens is 275 g/mol. The predicted octanol–water partition coefficient (Wildman–Crippen LogP) is 2.50. The highest BCUT2D eigenvalue weighted by molar-refractivity contribution is 5.67. The van der Waals surface area contributed by atoms with Crippen molar-refractivity contribution < 1.29 is 18.8 Å². The molecule has 0 heterocycles. The van der Waals surface area contributed by atoms with Crippen LogP contribution in [0.3, 0.4) is 0 Å². The van der Waals surface area contributed by atoms with Gasteiger partial charge in [-0.15, -0.1) is 0 Å². The van der Waals surface area contributed by atoms with Crippen LogP contribution < -0.4 is 11.2 Å². The number of amides is 1. The van der Waals surface area contributed by atoms with E-state index in [2.05, 4.69) is 5.32 Å². The Bertz CT molecular complexity index is 488. The van der Waals surface area contributed by atoms with Gasteiger partial charge in [-0.1, -0.05) is 25.1 Å². The molecule has 0 saturated carbocycles. The first-order valence-electron chi connectivity index (χ1n) is 6.71. The van der Waals surface area contributed by atoms with Crippen LogP contribution in [0.15, 0.2) is 24.3 Å². The second kappa shape index (κ2) is 6.87. The molecule has 0 bridgehead atoms. The fourth-order valence-electron chi connectivity index (χ4n) is 1.94. The van der Waals surface area contributed by atoms with Crippen molar-refractivity contribution in [3.63, 3.8) is 0 Å². The van der Waals surface area contributed by atoms with E-state index in [1.165, 1.54) is 6.07 Å². The van der Waals surface area contributed by atoms with Crippen LogP contribution >= 0.6 is 0 Å². The summed E-state index contributed by atoms with van der Waals surface area (Å²) in [5, 5.41) is 2.63. The van der Waals surface area contributed by atoms with Crippen molar-refractivity contribution in [3.05, 3.63) is 35.6 Å². The molecule has 1 atom stereocenters. The summed E-state index contributed by atoms with van der Waals surface area (Å²) in [5.41, 5.74) is -0.966. The van der Waals surface area contributed by atoms with Crippen molar-refractivity contribution in [2.75, 3.05) is 13.2 Å². The number of alkyl carbamates (subject to hydrolysis) is 1. The van der Waals surface area contributed by atoms with Crippen LogP contribution in [0.5, 0.6) is 0 Å². The molecule has 0 spiro atoms. The van der Waals surface area contributed by atoms with Gasteiger partial charge in [-0.2, -0.15) is 0 Å². The van der Waals surface area contributed by atoms with Crippen LogP contribution in [0.4, 0.5) is 9.18 Å². The first-order chi connectivity index (χ1) is 9.68. The summed E-state index contributed by atoms with van der Waals surface area (Å²) in [5.74, 6) is 4.77. The smallest absolute Gasteiger partial charge is 0.407 e. The third kappa shape index (κ3) is 5.32. The highest BCUT2D eigenvalue weighted by Crippen LogP contribution is 2.26. The van der Waals surface area contributed by atoms with Gasteiger partial charge in [0.05, 0.1) is 6.61 Å². The van der Waals surface area contributed by atoms with Crippen molar-refractivity contribution in [1.29, 1.82) is 0 Å². The number of halogens is 1. The molecule has 0 fully saturated rings. The summed E-state index contributed by atoms with van der Waals surface area (Å²) in [4.78, 5) is 16.4. The zero-order valence-electron chi connectivity index (χ0n) is 12.9. The number of ether oxygens (including phenoxy) is 1. The normalized spacial score (nSPS) is 14.4. The number of rotatable bonds is 5. The van der Waals surface area contributed by atoms with E-state index in [0.717, 1.165) is 0 Å². The van der Waals surface area contributed by atoms with E-state index in [-0.39, 0.29) is 19.0 Å². The molecule has 0 aromatic heterocycles. The van der Waals surface area contributed by atoms with E-state index in [1.54, 1.807) is 45.9 Å². The van der Waals surface area contributed by atoms with Crippen molar-refractivity contribution in [2.45, 2.75) is 38.7 Å². The molecule has 6 heteroatoms. The third-order valence-electron chi connectivity index (χ3n) is 2.95. The Hall–Kier alpha value is -1.66. The summed E-state index contributed by atoms with van der Waals surface area (Å²) < 4.78 is 19.1. The molecule has 1 aromatic carbocycles. The summed E-state index contributed by atoms with van der Waals surface area (Å²) >= 11 is 0. The third-order valence-corrected chi connectivity index (χ3v) is 2.95. The summed E-state index contributed by atoms with van der Waals surface area (Å²) in [7, 11) is 0. The molecule has 1 aromatic rings. The van der Waals surface area contributed by atoms with E-state index in [0.29, 0.717) is 5.56 Å². The van der Waals surface area contributed by atoms with Gasteiger partial charge in [0.25, 0.3) is 0 Å². The van der Waals surface area contributed by atoms with Crippen molar-refractivity contribution >= 4 is 6.09 Å². The first kappa shape index (κ1) is 17.4. The largest absolute Gasteiger partial charge is 0.444 e. The van der Waals surface area contributed by atoms with Gasteiger partial charge < -0.3 is 14.9 Å². The Morgan fingerprint density at radius 2 is 1.90 bits per heavy atom. The Morgan fingerprint density at radius 3 is 2.43 bits per heavy atom. The van der Waals surface area contributed by atoms with Gasteiger partial charge in [0, 0.05) is 12.0 Å². The van der Waals surface area contributed by atoms with Gasteiger partial charge in [0.15, 0.2) is 0 Å². The van der Waals surface area contributed by atoms with Crippen LogP contribution in [-0.2, 0) is 15.0 Å². The number of benzene rings is 1. The second-order valence-corrected chi connectivity index (χ2v) is 6.21. The lowest BCUT2D eigenvalue weighted by Gasteiger charge is -2.30. The fourth-order valence-corrected chi connectivity index (χ4v) is 1.94. The highest BCUT2D eigenvalue weighted by Gasteiger charge is 2.31. The minimum atomic E-state index is -0.795. The Balaban J connectivity index is 2.83. The molecule has 0 radical (unpaired) electrons. The van der Waals surface area contributed by atoms with Gasteiger partial charge in [-0.25, -0.2) is 15.1 Å². The minimum Gasteiger partial charge on any atom is -0.444 e. The van der Waals surface area contributed by atoms with Crippen LogP contribution in [0.1, 0.15) is 33.3 Å². The standard InChI is InChI=1S/C15H23FN2O3/c1-14(2,3)21-13(19)18-9-15(4,10-20-17)11-7-5-6-8-12(11)16/h5-8H,9-10,17H2,1-4H3,(H,18,19). The molecule has 0 aliphatic heterocycles. The molecule has 0 saturated heterocycles. The average molecular weight is 298 g/mol. The zero-order valence-corrected chi connectivity index (χ0v) is 12.9. The number of nitrogens with one attached hydrogen (secondary N) is 1. The monoisotopic (exact) mass is 298 g/mol. The number of carbonyl (C=O) groups is 1. The summed E-state index contributed by atoms with van der Waals surface area (Å²) in [6, 6.07) is 6.33. The van der Waals surface area contributed by atoms with E-state index in [4.69, 9.17) is 15.5 Å². The predicted molar refractivity (Wildman–Crippen MR) is 78.1 cm³/mol. The molecule has 1 rings (SSSR count). The zero-order chi connectivity index (χ0) is 16.1. The Morgan fingerprint density at radius 1 is 1.29 bits per heavy atom. The summed E-state index contributed by atoms with van der Waals surface area (Å²) in [6.07, 6.45) is -0.568. The molecule has 1 unspecified atom stereocenters. The maximum absolute atomic E-state index is 14.0.